The zero-order valence-corrected chi connectivity index (χ0v) is 17.9. The average molecular weight is 443 g/mol. The van der Waals surface area contributed by atoms with Crippen LogP contribution in [0.3, 0.4) is 0 Å². The number of ether oxygens (including phenoxy) is 2. The van der Waals surface area contributed by atoms with Gasteiger partial charge in [0.2, 0.25) is 10.0 Å². The summed E-state index contributed by atoms with van der Waals surface area (Å²) in [7, 11) is -0.130. The second kappa shape index (κ2) is 9.11. The number of nitrogens with zero attached hydrogens (tertiary/aromatic N) is 2. The van der Waals surface area contributed by atoms with Crippen molar-refractivity contribution in [1.29, 1.82) is 0 Å². The van der Waals surface area contributed by atoms with Gasteiger partial charge in [-0.25, -0.2) is 23.0 Å². The first-order valence-electron chi connectivity index (χ1n) is 9.13. The SMILES string of the molecule is COC(=O)c1cc(C(=O)OC)cc(S(=O)(=O)NC(c2ccccc2)c2nccn2C)c1. The third-order valence-corrected chi connectivity index (χ3v) is 5.98. The largest absolute Gasteiger partial charge is 0.465 e. The fraction of sp³-hybridized carbons (Fsp3) is 0.190. The maximum atomic E-state index is 13.3. The molecule has 0 radical (unpaired) electrons. The summed E-state index contributed by atoms with van der Waals surface area (Å²) < 4.78 is 40.3. The number of rotatable bonds is 7. The molecule has 2 aromatic carbocycles. The van der Waals surface area contributed by atoms with Gasteiger partial charge in [0.05, 0.1) is 30.2 Å². The number of carbonyl (C=O) groups excluding carboxylic acids is 2. The van der Waals surface area contributed by atoms with Crippen molar-refractivity contribution < 1.29 is 27.5 Å². The molecule has 1 N–H and O–H groups in total. The minimum atomic E-state index is -4.20. The van der Waals surface area contributed by atoms with Crippen LogP contribution >= 0.6 is 0 Å². The molecular weight excluding hydrogens is 422 g/mol. The molecule has 0 aliphatic heterocycles. The molecule has 3 rings (SSSR count). The van der Waals surface area contributed by atoms with E-state index in [0.29, 0.717) is 11.4 Å². The first kappa shape index (κ1) is 22.2. The van der Waals surface area contributed by atoms with Crippen LogP contribution < -0.4 is 4.72 Å². The predicted octanol–water partition coefficient (Wildman–Crippen LogP) is 2.06. The number of sulfonamides is 1. The van der Waals surface area contributed by atoms with Crippen LogP contribution in [0.1, 0.15) is 38.1 Å². The van der Waals surface area contributed by atoms with Crippen LogP contribution in [0.5, 0.6) is 0 Å². The normalized spacial score (nSPS) is 12.2. The number of nitrogens with one attached hydrogen (secondary N) is 1. The Morgan fingerprint density at radius 3 is 2.06 bits per heavy atom. The van der Waals surface area contributed by atoms with Gasteiger partial charge in [-0.05, 0) is 23.8 Å². The van der Waals surface area contributed by atoms with Crippen LogP contribution in [-0.2, 0) is 26.5 Å². The van der Waals surface area contributed by atoms with Crippen molar-refractivity contribution in [2.24, 2.45) is 7.05 Å². The molecule has 0 aliphatic rings. The lowest BCUT2D eigenvalue weighted by atomic mass is 10.1. The fourth-order valence-corrected chi connectivity index (χ4v) is 4.27. The molecule has 0 amide bonds. The van der Waals surface area contributed by atoms with E-state index in [1.807, 2.05) is 6.07 Å². The minimum Gasteiger partial charge on any atom is -0.465 e. The highest BCUT2D eigenvalue weighted by Gasteiger charge is 2.27. The molecule has 31 heavy (non-hydrogen) atoms. The molecular formula is C21H21N3O6S. The molecule has 0 aliphatic carbocycles. The van der Waals surface area contributed by atoms with Crippen molar-refractivity contribution in [3.05, 3.63) is 83.4 Å². The van der Waals surface area contributed by atoms with Gasteiger partial charge in [0.15, 0.2) is 0 Å². The van der Waals surface area contributed by atoms with E-state index in [1.54, 1.807) is 48.3 Å². The topological polar surface area (TPSA) is 117 Å². The lowest BCUT2D eigenvalue weighted by Gasteiger charge is -2.19. The van der Waals surface area contributed by atoms with E-state index in [1.165, 1.54) is 6.07 Å². The highest BCUT2D eigenvalue weighted by Crippen LogP contribution is 2.24. The number of carbonyl (C=O) groups is 2. The van der Waals surface area contributed by atoms with Crippen molar-refractivity contribution in [2.45, 2.75) is 10.9 Å². The summed E-state index contributed by atoms with van der Waals surface area (Å²) in [6.07, 6.45) is 3.26. The molecule has 1 atom stereocenters. The molecule has 0 fully saturated rings. The smallest absolute Gasteiger partial charge is 0.337 e. The van der Waals surface area contributed by atoms with Gasteiger partial charge >= 0.3 is 11.9 Å². The molecule has 1 unspecified atom stereocenters. The molecule has 9 nitrogen and oxygen atoms in total. The van der Waals surface area contributed by atoms with E-state index in [4.69, 9.17) is 0 Å². The Hall–Kier alpha value is -3.50. The highest BCUT2D eigenvalue weighted by molar-refractivity contribution is 7.89. The number of aromatic nitrogens is 2. The molecule has 10 heteroatoms. The molecule has 1 aromatic heterocycles. The van der Waals surface area contributed by atoms with Gasteiger partial charge in [-0.3, -0.25) is 0 Å². The number of methoxy groups -OCH3 is 2. The summed E-state index contributed by atoms with van der Waals surface area (Å²) >= 11 is 0. The maximum absolute atomic E-state index is 13.3. The van der Waals surface area contributed by atoms with E-state index in [2.05, 4.69) is 19.2 Å². The number of hydrogen-bond donors (Lipinski definition) is 1. The molecule has 0 saturated carbocycles. The third kappa shape index (κ3) is 4.81. The minimum absolute atomic E-state index is 0.0981. The van der Waals surface area contributed by atoms with Gasteiger partial charge in [-0.2, -0.15) is 4.72 Å². The summed E-state index contributed by atoms with van der Waals surface area (Å²) in [6.45, 7) is 0. The number of aryl methyl sites for hydroxylation is 1. The first-order chi connectivity index (χ1) is 14.8. The van der Waals surface area contributed by atoms with E-state index in [-0.39, 0.29) is 16.0 Å². The maximum Gasteiger partial charge on any atom is 0.337 e. The van der Waals surface area contributed by atoms with Crippen LogP contribution in [-0.4, -0.2) is 44.1 Å². The van der Waals surface area contributed by atoms with E-state index in [9.17, 15) is 18.0 Å². The van der Waals surface area contributed by atoms with Crippen LogP contribution in [0.15, 0.2) is 65.8 Å². The number of imidazole rings is 1. The zero-order chi connectivity index (χ0) is 22.6. The van der Waals surface area contributed by atoms with Crippen LogP contribution in [0, 0.1) is 0 Å². The van der Waals surface area contributed by atoms with E-state index in [0.717, 1.165) is 26.4 Å². The van der Waals surface area contributed by atoms with Crippen molar-refractivity contribution in [2.75, 3.05) is 14.2 Å². The Bertz CT molecular complexity index is 1170. The fourth-order valence-electron chi connectivity index (χ4n) is 3.02. The standard InChI is InChI=1S/C21H21N3O6S/c1-24-10-9-22-19(24)18(14-7-5-4-6-8-14)23-31(27,28)17-12-15(20(25)29-2)11-16(13-17)21(26)30-3/h4-13,18,23H,1-3H3. The second-order valence-electron chi connectivity index (χ2n) is 6.59. The molecule has 3 aromatic rings. The molecule has 162 valence electrons. The summed E-state index contributed by atoms with van der Waals surface area (Å²) in [4.78, 5) is 28.0. The summed E-state index contributed by atoms with van der Waals surface area (Å²) in [5.74, 6) is -1.11. The summed E-state index contributed by atoms with van der Waals surface area (Å²) in [5.41, 5.74) is 0.468. The van der Waals surface area contributed by atoms with E-state index >= 15 is 0 Å². The van der Waals surface area contributed by atoms with E-state index < -0.39 is 28.0 Å². The molecule has 1 heterocycles. The van der Waals surface area contributed by atoms with Crippen molar-refractivity contribution in [1.82, 2.24) is 14.3 Å². The van der Waals surface area contributed by atoms with Gasteiger partial charge in [0.1, 0.15) is 11.9 Å². The number of esters is 2. The Labute approximate surface area is 179 Å². The van der Waals surface area contributed by atoms with Crippen LogP contribution in [0.25, 0.3) is 0 Å². The first-order valence-corrected chi connectivity index (χ1v) is 10.6. The molecule has 0 saturated heterocycles. The van der Waals surface area contributed by atoms with Gasteiger partial charge in [0.25, 0.3) is 0 Å². The average Bonchev–Trinajstić information content (AvgIpc) is 3.22. The Balaban J connectivity index is 2.10. The van der Waals surface area contributed by atoms with Crippen molar-refractivity contribution >= 4 is 22.0 Å². The lowest BCUT2D eigenvalue weighted by molar-refractivity contribution is 0.0598. The Morgan fingerprint density at radius 1 is 1.00 bits per heavy atom. The Morgan fingerprint density at radius 2 is 1.58 bits per heavy atom. The lowest BCUT2D eigenvalue weighted by Crippen LogP contribution is -2.31. The summed E-state index contributed by atoms with van der Waals surface area (Å²) in [5, 5.41) is 0. The van der Waals surface area contributed by atoms with Gasteiger partial charge < -0.3 is 14.0 Å². The summed E-state index contributed by atoms with van der Waals surface area (Å²) in [6, 6.07) is 11.6. The van der Waals surface area contributed by atoms with Gasteiger partial charge in [-0.15, -0.1) is 0 Å². The third-order valence-electron chi connectivity index (χ3n) is 4.58. The molecule has 0 spiro atoms. The Kier molecular flexibility index (Phi) is 6.52. The monoisotopic (exact) mass is 443 g/mol. The molecule has 0 bridgehead atoms. The van der Waals surface area contributed by atoms with Crippen molar-refractivity contribution in [3.63, 3.8) is 0 Å². The highest BCUT2D eigenvalue weighted by atomic mass is 32.2. The van der Waals surface area contributed by atoms with Crippen LogP contribution in [0.2, 0.25) is 0 Å². The van der Waals surface area contributed by atoms with Gasteiger partial charge in [0, 0.05) is 19.4 Å². The number of benzene rings is 2. The van der Waals surface area contributed by atoms with Crippen molar-refractivity contribution in [3.8, 4) is 0 Å². The van der Waals surface area contributed by atoms with Crippen LogP contribution in [0.4, 0.5) is 0 Å². The number of hydrogen-bond acceptors (Lipinski definition) is 7. The van der Waals surface area contributed by atoms with Gasteiger partial charge in [-0.1, -0.05) is 30.3 Å². The predicted molar refractivity (Wildman–Crippen MR) is 111 cm³/mol. The quantitative estimate of drug-likeness (QED) is 0.556. The zero-order valence-electron chi connectivity index (χ0n) is 17.1. The second-order valence-corrected chi connectivity index (χ2v) is 8.30.